The van der Waals surface area contributed by atoms with Crippen molar-refractivity contribution in [1.82, 2.24) is 20.4 Å². The van der Waals surface area contributed by atoms with Gasteiger partial charge in [-0.05, 0) is 24.3 Å². The zero-order valence-electron chi connectivity index (χ0n) is 13.6. The molecule has 3 amide bonds. The Kier molecular flexibility index (Phi) is 4.74. The Labute approximate surface area is 147 Å². The van der Waals surface area contributed by atoms with Gasteiger partial charge in [-0.15, -0.1) is 0 Å². The van der Waals surface area contributed by atoms with Crippen LogP contribution in [0.2, 0.25) is 0 Å². The zero-order chi connectivity index (χ0) is 18.5. The molecule has 0 aliphatic rings. The molecule has 1 aromatic carbocycles. The van der Waals surface area contributed by atoms with Crippen LogP contribution in [0.1, 0.15) is 31.5 Å². The number of amides is 3. The summed E-state index contributed by atoms with van der Waals surface area (Å²) in [4.78, 5) is 42.3. The second-order valence-corrected chi connectivity index (χ2v) is 5.08. The molecule has 0 spiro atoms. The Morgan fingerprint density at radius 3 is 2.19 bits per heavy atom. The van der Waals surface area contributed by atoms with E-state index in [1.54, 1.807) is 24.3 Å². The number of aromatic amines is 1. The number of hydrogen-bond acceptors (Lipinski definition) is 6. The van der Waals surface area contributed by atoms with Gasteiger partial charge in [0.15, 0.2) is 11.4 Å². The average molecular weight is 354 g/mol. The van der Waals surface area contributed by atoms with Gasteiger partial charge in [-0.3, -0.25) is 14.4 Å². The number of imidazole rings is 1. The first kappa shape index (κ1) is 16.9. The number of aromatic nitrogens is 3. The van der Waals surface area contributed by atoms with E-state index in [2.05, 4.69) is 35.6 Å². The number of nitrogens with one attached hydrogen (secondary N) is 4. The number of carbonyl (C=O) groups excluding carboxylic acids is 3. The Morgan fingerprint density at radius 2 is 1.62 bits per heavy atom. The number of benzene rings is 1. The Balaban J connectivity index is 1.66. The molecule has 0 unspecified atom stereocenters. The molecule has 0 bridgehead atoms. The maximum atomic E-state index is 12.3. The molecular weight excluding hydrogens is 340 g/mol. The van der Waals surface area contributed by atoms with E-state index in [0.717, 1.165) is 0 Å². The maximum Gasteiger partial charge on any atom is 0.277 e. The minimum Gasteiger partial charge on any atom is -0.364 e. The van der Waals surface area contributed by atoms with Crippen molar-refractivity contribution in [3.63, 3.8) is 0 Å². The highest BCUT2D eigenvalue weighted by Gasteiger charge is 2.19. The Bertz CT molecular complexity index is 930. The molecule has 2 heterocycles. The quantitative estimate of drug-likeness (QED) is 0.543. The van der Waals surface area contributed by atoms with Gasteiger partial charge in [0.1, 0.15) is 12.0 Å². The molecular formula is C16H14N6O4. The molecule has 10 heteroatoms. The van der Waals surface area contributed by atoms with Crippen LogP contribution in [-0.4, -0.2) is 39.9 Å². The minimum absolute atomic E-state index is 0.00138. The van der Waals surface area contributed by atoms with Gasteiger partial charge in [0.05, 0.1) is 6.33 Å². The summed E-state index contributed by atoms with van der Waals surface area (Å²) < 4.78 is 4.61. The van der Waals surface area contributed by atoms with Gasteiger partial charge in [0.2, 0.25) is 0 Å². The summed E-state index contributed by atoms with van der Waals surface area (Å²) in [7, 11) is 1.45. The highest BCUT2D eigenvalue weighted by molar-refractivity contribution is 6.10. The molecule has 0 atom stereocenters. The molecule has 2 aromatic heterocycles. The van der Waals surface area contributed by atoms with Crippen LogP contribution in [0.15, 0.2) is 47.4 Å². The summed E-state index contributed by atoms with van der Waals surface area (Å²) in [6, 6.07) is 7.87. The molecule has 10 nitrogen and oxygen atoms in total. The first-order valence-corrected chi connectivity index (χ1v) is 7.47. The lowest BCUT2D eigenvalue weighted by Gasteiger charge is -2.07. The standard InChI is InChI=1S/C16H14N6O4/c1-17-15(24)12-13(19-8-18-12)16(25)21-10-4-2-9(3-5-10)20-14(23)11-6-7-26-22-11/h2-8H,1H3,(H,17,24)(H,18,19)(H,20,23)(H,21,25). The summed E-state index contributed by atoms with van der Waals surface area (Å²) in [5.74, 6) is -1.40. The molecule has 26 heavy (non-hydrogen) atoms. The van der Waals surface area contributed by atoms with Gasteiger partial charge in [0.25, 0.3) is 17.7 Å². The van der Waals surface area contributed by atoms with Crippen LogP contribution >= 0.6 is 0 Å². The smallest absolute Gasteiger partial charge is 0.277 e. The summed E-state index contributed by atoms with van der Waals surface area (Å²) in [5, 5.41) is 11.2. The maximum absolute atomic E-state index is 12.3. The van der Waals surface area contributed by atoms with Crippen molar-refractivity contribution in [1.29, 1.82) is 0 Å². The van der Waals surface area contributed by atoms with Crippen LogP contribution in [0.4, 0.5) is 11.4 Å². The van der Waals surface area contributed by atoms with E-state index in [-0.39, 0.29) is 17.1 Å². The van der Waals surface area contributed by atoms with Crippen molar-refractivity contribution in [2.24, 2.45) is 0 Å². The van der Waals surface area contributed by atoms with Crippen molar-refractivity contribution in [2.45, 2.75) is 0 Å². The van der Waals surface area contributed by atoms with E-state index in [1.165, 1.54) is 25.7 Å². The number of anilines is 2. The second kappa shape index (κ2) is 7.30. The average Bonchev–Trinajstić information content (AvgIpc) is 3.34. The third-order valence-electron chi connectivity index (χ3n) is 3.38. The molecule has 3 rings (SSSR count). The molecule has 0 aliphatic heterocycles. The second-order valence-electron chi connectivity index (χ2n) is 5.08. The largest absolute Gasteiger partial charge is 0.364 e. The van der Waals surface area contributed by atoms with Gasteiger partial charge in [-0.1, -0.05) is 5.16 Å². The molecule has 0 radical (unpaired) electrons. The number of H-pyrrole nitrogens is 1. The molecule has 0 fully saturated rings. The Morgan fingerprint density at radius 1 is 0.962 bits per heavy atom. The lowest BCUT2D eigenvalue weighted by molar-refractivity contribution is 0.0943. The number of nitrogens with zero attached hydrogens (tertiary/aromatic N) is 2. The normalized spacial score (nSPS) is 10.2. The van der Waals surface area contributed by atoms with E-state index >= 15 is 0 Å². The van der Waals surface area contributed by atoms with E-state index < -0.39 is 17.7 Å². The molecule has 3 aromatic rings. The van der Waals surface area contributed by atoms with Crippen molar-refractivity contribution in [3.8, 4) is 0 Å². The summed E-state index contributed by atoms with van der Waals surface area (Å²) in [6.45, 7) is 0. The number of carbonyl (C=O) groups is 3. The summed E-state index contributed by atoms with van der Waals surface area (Å²) >= 11 is 0. The molecule has 132 valence electrons. The number of rotatable bonds is 5. The predicted octanol–water partition coefficient (Wildman–Crippen LogP) is 1.26. The monoisotopic (exact) mass is 354 g/mol. The first-order valence-electron chi connectivity index (χ1n) is 7.47. The van der Waals surface area contributed by atoms with E-state index in [0.29, 0.717) is 11.4 Å². The van der Waals surface area contributed by atoms with Crippen molar-refractivity contribution in [2.75, 3.05) is 17.7 Å². The summed E-state index contributed by atoms with van der Waals surface area (Å²) in [6.07, 6.45) is 2.57. The predicted molar refractivity (Wildman–Crippen MR) is 90.8 cm³/mol. The van der Waals surface area contributed by atoms with Crippen LogP contribution < -0.4 is 16.0 Å². The third-order valence-corrected chi connectivity index (χ3v) is 3.38. The molecule has 0 aliphatic carbocycles. The minimum atomic E-state index is -0.513. The van der Waals surface area contributed by atoms with Gasteiger partial charge >= 0.3 is 0 Å². The van der Waals surface area contributed by atoms with Crippen LogP contribution in [0.5, 0.6) is 0 Å². The van der Waals surface area contributed by atoms with Crippen LogP contribution in [0, 0.1) is 0 Å². The van der Waals surface area contributed by atoms with E-state index in [9.17, 15) is 14.4 Å². The first-order chi connectivity index (χ1) is 12.6. The highest BCUT2D eigenvalue weighted by Crippen LogP contribution is 2.16. The lowest BCUT2D eigenvalue weighted by atomic mass is 10.2. The van der Waals surface area contributed by atoms with Crippen LogP contribution in [0.25, 0.3) is 0 Å². The fraction of sp³-hybridized carbons (Fsp3) is 0.0625. The van der Waals surface area contributed by atoms with Crippen molar-refractivity contribution >= 4 is 29.1 Å². The van der Waals surface area contributed by atoms with Crippen molar-refractivity contribution in [3.05, 3.63) is 60.0 Å². The fourth-order valence-corrected chi connectivity index (χ4v) is 2.11. The Hall–Kier alpha value is -3.95. The van der Waals surface area contributed by atoms with E-state index in [4.69, 9.17) is 0 Å². The SMILES string of the molecule is CNC(=O)c1nc[nH]c1C(=O)Nc1ccc(NC(=O)c2ccon2)cc1. The van der Waals surface area contributed by atoms with Gasteiger partial charge < -0.3 is 25.5 Å². The topological polar surface area (TPSA) is 142 Å². The van der Waals surface area contributed by atoms with Crippen molar-refractivity contribution < 1.29 is 18.9 Å². The van der Waals surface area contributed by atoms with Crippen LogP contribution in [-0.2, 0) is 0 Å². The molecule has 0 saturated carbocycles. The van der Waals surface area contributed by atoms with Gasteiger partial charge in [-0.25, -0.2) is 4.98 Å². The summed E-state index contributed by atoms with van der Waals surface area (Å²) in [5.41, 5.74) is 1.20. The van der Waals surface area contributed by atoms with Crippen LogP contribution in [0.3, 0.4) is 0 Å². The van der Waals surface area contributed by atoms with Gasteiger partial charge in [0, 0.05) is 24.5 Å². The number of hydrogen-bond donors (Lipinski definition) is 4. The lowest BCUT2D eigenvalue weighted by Crippen LogP contribution is -2.23. The fourth-order valence-electron chi connectivity index (χ4n) is 2.11. The zero-order valence-corrected chi connectivity index (χ0v) is 13.6. The highest BCUT2D eigenvalue weighted by atomic mass is 16.5. The third kappa shape index (κ3) is 3.59. The van der Waals surface area contributed by atoms with Gasteiger partial charge in [-0.2, -0.15) is 0 Å². The molecule has 4 N–H and O–H groups in total. The molecule has 0 saturated heterocycles. The van der Waals surface area contributed by atoms with E-state index in [1.807, 2.05) is 0 Å².